The molecule has 2 amide bonds. The average Bonchev–Trinajstić information content (AvgIpc) is 2.78. The van der Waals surface area contributed by atoms with Crippen LogP contribution in [0.2, 0.25) is 10.0 Å². The fourth-order valence-corrected chi connectivity index (χ4v) is 4.35. The molecule has 5 nitrogen and oxygen atoms in total. The zero-order valence-corrected chi connectivity index (χ0v) is 21.0. The summed E-state index contributed by atoms with van der Waals surface area (Å²) in [6, 6.07) is 12.3. The van der Waals surface area contributed by atoms with Crippen LogP contribution in [-0.2, 0) is 21.9 Å². The maximum atomic E-state index is 13.1. The zero-order chi connectivity index (χ0) is 23.5. The summed E-state index contributed by atoms with van der Waals surface area (Å²) in [5.74, 6) is 1.44. The number of carbonyl (C=O) groups excluding carboxylic acids is 2. The summed E-state index contributed by atoms with van der Waals surface area (Å²) in [7, 11) is 1.63. The molecule has 0 heterocycles. The number of unbranched alkanes of at least 4 members (excludes halogenated alkanes) is 1. The van der Waals surface area contributed by atoms with Gasteiger partial charge in [0.1, 0.15) is 11.8 Å². The second-order valence-corrected chi connectivity index (χ2v) is 9.25. The predicted molar refractivity (Wildman–Crippen MR) is 134 cm³/mol. The number of thioether (sulfide) groups is 1. The lowest BCUT2D eigenvalue weighted by molar-refractivity contribution is -0.138. The Morgan fingerprint density at radius 1 is 1.16 bits per heavy atom. The number of nitrogens with one attached hydrogen (secondary N) is 1. The number of hydrogen-bond donors (Lipinski definition) is 1. The van der Waals surface area contributed by atoms with Crippen LogP contribution < -0.4 is 10.1 Å². The van der Waals surface area contributed by atoms with Crippen molar-refractivity contribution < 1.29 is 14.3 Å². The van der Waals surface area contributed by atoms with Crippen LogP contribution in [0.1, 0.15) is 37.8 Å². The van der Waals surface area contributed by atoms with E-state index in [-0.39, 0.29) is 24.1 Å². The molecule has 0 aliphatic carbocycles. The Morgan fingerprint density at radius 2 is 1.88 bits per heavy atom. The lowest BCUT2D eigenvalue weighted by Crippen LogP contribution is -2.48. The van der Waals surface area contributed by atoms with Gasteiger partial charge in [-0.3, -0.25) is 9.59 Å². The molecule has 2 aromatic rings. The molecule has 0 saturated heterocycles. The van der Waals surface area contributed by atoms with Crippen LogP contribution >= 0.6 is 35.0 Å². The van der Waals surface area contributed by atoms with Crippen molar-refractivity contribution in [3.05, 3.63) is 63.6 Å². The summed E-state index contributed by atoms with van der Waals surface area (Å²) in [5, 5.41) is 3.91. The highest BCUT2D eigenvalue weighted by atomic mass is 35.5. The average molecular weight is 497 g/mol. The van der Waals surface area contributed by atoms with Gasteiger partial charge in [-0.25, -0.2) is 0 Å². The van der Waals surface area contributed by atoms with Gasteiger partial charge in [-0.15, -0.1) is 11.8 Å². The van der Waals surface area contributed by atoms with Crippen molar-refractivity contribution >= 4 is 46.8 Å². The SMILES string of the molecule is CCCCNC(=O)[C@@H](C)N(Cc1ccc(Cl)cc1Cl)C(=O)CSCc1ccc(OC)cc1. The largest absolute Gasteiger partial charge is 0.497 e. The standard InChI is InChI=1S/C24H30Cl2N2O3S/c1-4-5-12-27-24(30)17(2)28(14-19-8-9-20(25)13-22(19)26)23(29)16-32-15-18-6-10-21(31-3)11-7-18/h6-11,13,17H,4-5,12,14-16H2,1-3H3,(H,27,30)/t17-/m1/s1. The molecule has 8 heteroatoms. The van der Waals surface area contributed by atoms with Crippen LogP contribution in [-0.4, -0.2) is 42.2 Å². The molecule has 32 heavy (non-hydrogen) atoms. The highest BCUT2D eigenvalue weighted by Crippen LogP contribution is 2.24. The van der Waals surface area contributed by atoms with Crippen molar-refractivity contribution in [2.75, 3.05) is 19.4 Å². The van der Waals surface area contributed by atoms with E-state index in [1.165, 1.54) is 11.8 Å². The van der Waals surface area contributed by atoms with Crippen LogP contribution in [0.15, 0.2) is 42.5 Å². The first-order valence-corrected chi connectivity index (χ1v) is 12.5. The summed E-state index contributed by atoms with van der Waals surface area (Å²) in [6.45, 7) is 4.64. The van der Waals surface area contributed by atoms with E-state index in [1.807, 2.05) is 24.3 Å². The molecule has 0 spiro atoms. The molecule has 0 aliphatic rings. The number of benzene rings is 2. The molecular weight excluding hydrogens is 467 g/mol. The van der Waals surface area contributed by atoms with Crippen molar-refractivity contribution in [1.29, 1.82) is 0 Å². The van der Waals surface area contributed by atoms with E-state index >= 15 is 0 Å². The van der Waals surface area contributed by atoms with Crippen LogP contribution in [0.25, 0.3) is 0 Å². The van der Waals surface area contributed by atoms with Crippen LogP contribution in [0, 0.1) is 0 Å². The monoisotopic (exact) mass is 496 g/mol. The smallest absolute Gasteiger partial charge is 0.242 e. The van der Waals surface area contributed by atoms with Gasteiger partial charge in [0, 0.05) is 28.9 Å². The number of halogens is 2. The molecular formula is C24H30Cl2N2O3S. The van der Waals surface area contributed by atoms with E-state index in [4.69, 9.17) is 27.9 Å². The third kappa shape index (κ3) is 8.23. The number of carbonyl (C=O) groups is 2. The summed E-state index contributed by atoms with van der Waals surface area (Å²) in [5.41, 5.74) is 1.85. The van der Waals surface area contributed by atoms with Crippen molar-refractivity contribution in [1.82, 2.24) is 10.2 Å². The Balaban J connectivity index is 2.07. The van der Waals surface area contributed by atoms with E-state index in [2.05, 4.69) is 12.2 Å². The lowest BCUT2D eigenvalue weighted by Gasteiger charge is -2.29. The summed E-state index contributed by atoms with van der Waals surface area (Å²) < 4.78 is 5.18. The molecule has 2 aromatic carbocycles. The molecule has 0 aromatic heterocycles. The number of methoxy groups -OCH3 is 1. The van der Waals surface area contributed by atoms with Gasteiger partial charge in [-0.1, -0.05) is 54.7 Å². The van der Waals surface area contributed by atoms with Gasteiger partial charge in [-0.2, -0.15) is 0 Å². The fourth-order valence-electron chi connectivity index (χ4n) is 3.01. The van der Waals surface area contributed by atoms with E-state index in [0.29, 0.717) is 22.3 Å². The van der Waals surface area contributed by atoms with Crippen molar-refractivity contribution in [3.8, 4) is 5.75 Å². The quantitative estimate of drug-likeness (QED) is 0.390. The second-order valence-electron chi connectivity index (χ2n) is 7.42. The van der Waals surface area contributed by atoms with Gasteiger partial charge >= 0.3 is 0 Å². The molecule has 1 atom stereocenters. The molecule has 0 unspecified atom stereocenters. The molecule has 0 bridgehead atoms. The Morgan fingerprint density at radius 3 is 2.50 bits per heavy atom. The van der Waals surface area contributed by atoms with Crippen LogP contribution in [0.4, 0.5) is 0 Å². The maximum absolute atomic E-state index is 13.1. The molecule has 1 N–H and O–H groups in total. The van der Waals surface area contributed by atoms with Gasteiger partial charge in [0.05, 0.1) is 12.9 Å². The Kier molecular flexibility index (Phi) is 11.2. The summed E-state index contributed by atoms with van der Waals surface area (Å²) >= 11 is 13.8. The molecule has 174 valence electrons. The summed E-state index contributed by atoms with van der Waals surface area (Å²) in [6.07, 6.45) is 1.88. The van der Waals surface area contributed by atoms with Crippen molar-refractivity contribution in [3.63, 3.8) is 0 Å². The maximum Gasteiger partial charge on any atom is 0.242 e. The third-order valence-electron chi connectivity index (χ3n) is 5.01. The predicted octanol–water partition coefficient (Wildman–Crippen LogP) is 5.57. The minimum absolute atomic E-state index is 0.118. The fraction of sp³-hybridized carbons (Fsp3) is 0.417. The van der Waals surface area contributed by atoms with E-state index in [0.717, 1.165) is 29.7 Å². The van der Waals surface area contributed by atoms with Gasteiger partial charge in [-0.05, 0) is 48.7 Å². The Labute approximate surface area is 204 Å². The minimum atomic E-state index is -0.618. The van der Waals surface area contributed by atoms with Crippen LogP contribution in [0.3, 0.4) is 0 Å². The second kappa shape index (κ2) is 13.6. The molecule has 0 radical (unpaired) electrons. The minimum Gasteiger partial charge on any atom is -0.497 e. The molecule has 0 saturated carbocycles. The first kappa shape index (κ1) is 26.4. The van der Waals surface area contributed by atoms with Gasteiger partial charge in [0.2, 0.25) is 11.8 Å². The van der Waals surface area contributed by atoms with Gasteiger partial charge < -0.3 is 15.0 Å². The van der Waals surface area contributed by atoms with Crippen LogP contribution in [0.5, 0.6) is 5.75 Å². The van der Waals surface area contributed by atoms with E-state index in [1.54, 1.807) is 37.1 Å². The van der Waals surface area contributed by atoms with Gasteiger partial charge in [0.25, 0.3) is 0 Å². The zero-order valence-electron chi connectivity index (χ0n) is 18.7. The normalized spacial score (nSPS) is 11.7. The highest BCUT2D eigenvalue weighted by molar-refractivity contribution is 7.99. The highest BCUT2D eigenvalue weighted by Gasteiger charge is 2.26. The van der Waals surface area contributed by atoms with Crippen molar-refractivity contribution in [2.24, 2.45) is 0 Å². The first-order chi connectivity index (χ1) is 15.3. The number of nitrogens with zero attached hydrogens (tertiary/aromatic N) is 1. The van der Waals surface area contributed by atoms with Crippen molar-refractivity contribution in [2.45, 2.75) is 45.0 Å². The van der Waals surface area contributed by atoms with E-state index in [9.17, 15) is 9.59 Å². The third-order valence-corrected chi connectivity index (χ3v) is 6.58. The number of ether oxygens (including phenoxy) is 1. The number of hydrogen-bond acceptors (Lipinski definition) is 4. The lowest BCUT2D eigenvalue weighted by atomic mass is 10.1. The number of amides is 2. The molecule has 0 aliphatic heterocycles. The number of rotatable bonds is 12. The molecule has 0 fully saturated rings. The first-order valence-electron chi connectivity index (χ1n) is 10.6. The van der Waals surface area contributed by atoms with Gasteiger partial charge in [0.15, 0.2) is 0 Å². The Bertz CT molecular complexity index is 893. The summed E-state index contributed by atoms with van der Waals surface area (Å²) in [4.78, 5) is 27.4. The van der Waals surface area contributed by atoms with E-state index < -0.39 is 6.04 Å². The topological polar surface area (TPSA) is 58.6 Å². The molecule has 2 rings (SSSR count). The Hall–Kier alpha value is -1.89.